The number of rotatable bonds is 4. The van der Waals surface area contributed by atoms with Gasteiger partial charge in [0.1, 0.15) is 5.82 Å². The number of amides is 1. The van der Waals surface area contributed by atoms with Crippen molar-refractivity contribution in [1.29, 1.82) is 0 Å². The molecule has 1 heterocycles. The van der Waals surface area contributed by atoms with Crippen LogP contribution in [0, 0.1) is 0 Å². The fraction of sp³-hybridized carbons (Fsp3) is 0.500. The molecular formula is C12H19N3O2. The van der Waals surface area contributed by atoms with Crippen molar-refractivity contribution in [1.82, 2.24) is 9.88 Å². The molecule has 0 aliphatic heterocycles. The van der Waals surface area contributed by atoms with Gasteiger partial charge in [0, 0.05) is 19.3 Å². The van der Waals surface area contributed by atoms with E-state index in [-0.39, 0.29) is 12.5 Å². The van der Waals surface area contributed by atoms with E-state index in [1.165, 1.54) is 6.20 Å². The van der Waals surface area contributed by atoms with Crippen LogP contribution in [0.2, 0.25) is 0 Å². The molecule has 0 spiro atoms. The van der Waals surface area contributed by atoms with Crippen LogP contribution in [0.15, 0.2) is 18.3 Å². The Morgan fingerprint density at radius 3 is 2.59 bits per heavy atom. The van der Waals surface area contributed by atoms with Gasteiger partial charge in [-0.3, -0.25) is 4.79 Å². The van der Waals surface area contributed by atoms with Crippen molar-refractivity contribution >= 4 is 11.7 Å². The van der Waals surface area contributed by atoms with Crippen LogP contribution in [0.1, 0.15) is 31.1 Å². The van der Waals surface area contributed by atoms with Gasteiger partial charge < -0.3 is 15.7 Å². The first kappa shape index (κ1) is 13.4. The molecule has 0 unspecified atom stereocenters. The number of nitrogens with two attached hydrogens (primary N) is 1. The number of hydrogen-bond donors (Lipinski definition) is 2. The van der Waals surface area contributed by atoms with E-state index in [0.29, 0.717) is 17.9 Å². The molecule has 0 fully saturated rings. The number of aliphatic hydroxyl groups is 1. The predicted molar refractivity (Wildman–Crippen MR) is 66.5 cm³/mol. The van der Waals surface area contributed by atoms with Crippen LogP contribution in [0.3, 0.4) is 0 Å². The molecule has 0 aromatic carbocycles. The summed E-state index contributed by atoms with van der Waals surface area (Å²) in [7, 11) is 0. The molecule has 0 aliphatic carbocycles. The lowest BCUT2D eigenvalue weighted by atomic mass is 10.1. The molecule has 0 bridgehead atoms. The summed E-state index contributed by atoms with van der Waals surface area (Å²) in [5, 5.41) is 9.73. The van der Waals surface area contributed by atoms with Gasteiger partial charge in [0.05, 0.1) is 11.2 Å². The van der Waals surface area contributed by atoms with Gasteiger partial charge in [0.15, 0.2) is 0 Å². The largest absolute Gasteiger partial charge is 0.389 e. The summed E-state index contributed by atoms with van der Waals surface area (Å²) in [4.78, 5) is 17.6. The Morgan fingerprint density at radius 2 is 2.18 bits per heavy atom. The minimum atomic E-state index is -0.910. The Bertz CT molecular complexity index is 382. The lowest BCUT2D eigenvalue weighted by Crippen LogP contribution is -2.42. The number of nitrogens with zero attached hydrogens (tertiary/aromatic N) is 2. The van der Waals surface area contributed by atoms with Crippen molar-refractivity contribution in [2.45, 2.75) is 26.4 Å². The van der Waals surface area contributed by atoms with Gasteiger partial charge in [0.25, 0.3) is 5.91 Å². The number of nitrogen functional groups attached to an aromatic ring is 1. The average molecular weight is 237 g/mol. The minimum absolute atomic E-state index is 0.151. The third-order valence-corrected chi connectivity index (χ3v) is 2.28. The zero-order valence-electron chi connectivity index (χ0n) is 10.5. The van der Waals surface area contributed by atoms with Gasteiger partial charge in [-0.25, -0.2) is 4.98 Å². The zero-order chi connectivity index (χ0) is 13.1. The molecule has 5 heteroatoms. The maximum Gasteiger partial charge on any atom is 0.255 e. The highest BCUT2D eigenvalue weighted by Gasteiger charge is 2.22. The van der Waals surface area contributed by atoms with Crippen LogP contribution in [0.5, 0.6) is 0 Å². The highest BCUT2D eigenvalue weighted by molar-refractivity contribution is 5.94. The smallest absolute Gasteiger partial charge is 0.255 e. The van der Waals surface area contributed by atoms with Gasteiger partial charge in [0.2, 0.25) is 0 Å². The molecule has 1 amide bonds. The van der Waals surface area contributed by atoms with Gasteiger partial charge in [-0.05, 0) is 32.9 Å². The molecule has 0 atom stereocenters. The maximum absolute atomic E-state index is 12.1. The van der Waals surface area contributed by atoms with E-state index < -0.39 is 5.60 Å². The molecule has 17 heavy (non-hydrogen) atoms. The number of carbonyl (C=O) groups is 1. The highest BCUT2D eigenvalue weighted by atomic mass is 16.3. The van der Waals surface area contributed by atoms with E-state index in [1.54, 1.807) is 30.9 Å². The molecule has 1 rings (SSSR count). The van der Waals surface area contributed by atoms with Gasteiger partial charge in [-0.2, -0.15) is 0 Å². The van der Waals surface area contributed by atoms with Crippen molar-refractivity contribution in [2.75, 3.05) is 18.8 Å². The molecule has 5 nitrogen and oxygen atoms in total. The highest BCUT2D eigenvalue weighted by Crippen LogP contribution is 2.10. The van der Waals surface area contributed by atoms with E-state index >= 15 is 0 Å². The second-order valence-electron chi connectivity index (χ2n) is 4.60. The monoisotopic (exact) mass is 237 g/mol. The van der Waals surface area contributed by atoms with Crippen molar-refractivity contribution in [2.24, 2.45) is 0 Å². The lowest BCUT2D eigenvalue weighted by molar-refractivity contribution is 0.0314. The average Bonchev–Trinajstić information content (AvgIpc) is 2.25. The summed E-state index contributed by atoms with van der Waals surface area (Å²) >= 11 is 0. The normalized spacial score (nSPS) is 11.3. The van der Waals surface area contributed by atoms with E-state index in [1.807, 2.05) is 6.92 Å². The molecular weight excluding hydrogens is 218 g/mol. The molecule has 3 N–H and O–H groups in total. The first-order valence-corrected chi connectivity index (χ1v) is 5.56. The first-order chi connectivity index (χ1) is 7.83. The van der Waals surface area contributed by atoms with Gasteiger partial charge in [-0.1, -0.05) is 0 Å². The number of likely N-dealkylation sites (N-methyl/N-ethyl adjacent to an activating group) is 1. The summed E-state index contributed by atoms with van der Waals surface area (Å²) in [5.41, 5.74) is 5.03. The van der Waals surface area contributed by atoms with Gasteiger partial charge >= 0.3 is 0 Å². The van der Waals surface area contributed by atoms with E-state index in [9.17, 15) is 9.90 Å². The van der Waals surface area contributed by atoms with Crippen LogP contribution in [0.25, 0.3) is 0 Å². The number of aromatic nitrogens is 1. The van der Waals surface area contributed by atoms with Crippen molar-refractivity contribution < 1.29 is 9.90 Å². The van der Waals surface area contributed by atoms with Crippen LogP contribution in [-0.4, -0.2) is 39.6 Å². The second kappa shape index (κ2) is 5.14. The fourth-order valence-electron chi connectivity index (χ4n) is 1.51. The summed E-state index contributed by atoms with van der Waals surface area (Å²) in [6, 6.07) is 3.23. The summed E-state index contributed by atoms with van der Waals surface area (Å²) in [5.74, 6) is 0.231. The summed E-state index contributed by atoms with van der Waals surface area (Å²) in [6.07, 6.45) is 1.45. The van der Waals surface area contributed by atoms with Crippen LogP contribution < -0.4 is 5.73 Å². The van der Waals surface area contributed by atoms with Crippen LogP contribution >= 0.6 is 0 Å². The number of pyridine rings is 1. The third-order valence-electron chi connectivity index (χ3n) is 2.28. The van der Waals surface area contributed by atoms with Crippen LogP contribution in [-0.2, 0) is 0 Å². The predicted octanol–water partition coefficient (Wildman–Crippen LogP) is 0.897. The number of carbonyl (C=O) groups excluding carboxylic acids is 1. The molecule has 94 valence electrons. The Kier molecular flexibility index (Phi) is 4.07. The maximum atomic E-state index is 12.1. The first-order valence-electron chi connectivity index (χ1n) is 5.56. The summed E-state index contributed by atoms with van der Waals surface area (Å²) < 4.78 is 0. The number of anilines is 1. The standard InChI is InChI=1S/C12H19N3O2/c1-4-15(8-12(2,3)17)11(16)9-5-6-10(13)14-7-9/h5-7,17H,4,8H2,1-3H3,(H2,13,14). The van der Waals surface area contributed by atoms with Crippen molar-refractivity contribution in [3.05, 3.63) is 23.9 Å². The topological polar surface area (TPSA) is 79.5 Å². The van der Waals surface area contributed by atoms with Crippen molar-refractivity contribution in [3.63, 3.8) is 0 Å². The third kappa shape index (κ3) is 4.03. The SMILES string of the molecule is CCN(CC(C)(C)O)C(=O)c1ccc(N)nc1. The second-order valence-corrected chi connectivity index (χ2v) is 4.60. The van der Waals surface area contributed by atoms with Gasteiger partial charge in [-0.15, -0.1) is 0 Å². The zero-order valence-corrected chi connectivity index (χ0v) is 10.5. The van der Waals surface area contributed by atoms with E-state index in [0.717, 1.165) is 0 Å². The Hall–Kier alpha value is -1.62. The Labute approximate surface area is 101 Å². The van der Waals surface area contributed by atoms with Crippen LogP contribution in [0.4, 0.5) is 5.82 Å². The van der Waals surface area contributed by atoms with E-state index in [4.69, 9.17) is 5.73 Å². The molecule has 1 aromatic heterocycles. The molecule has 0 radical (unpaired) electrons. The molecule has 1 aromatic rings. The Balaban J connectivity index is 2.83. The quantitative estimate of drug-likeness (QED) is 0.815. The molecule has 0 saturated heterocycles. The minimum Gasteiger partial charge on any atom is -0.389 e. The summed E-state index contributed by atoms with van der Waals surface area (Å²) in [6.45, 7) is 6.03. The molecule has 0 aliphatic rings. The molecule has 0 saturated carbocycles. The fourth-order valence-corrected chi connectivity index (χ4v) is 1.51. The number of hydrogen-bond acceptors (Lipinski definition) is 4. The van der Waals surface area contributed by atoms with E-state index in [2.05, 4.69) is 4.98 Å². The lowest BCUT2D eigenvalue weighted by Gasteiger charge is -2.28. The Morgan fingerprint density at radius 1 is 1.53 bits per heavy atom. The van der Waals surface area contributed by atoms with Crippen molar-refractivity contribution in [3.8, 4) is 0 Å².